The van der Waals surface area contributed by atoms with Crippen LogP contribution in [0, 0.1) is 0 Å². The van der Waals surface area contributed by atoms with Gasteiger partial charge in [0.1, 0.15) is 11.6 Å². The number of anilines is 2. The Morgan fingerprint density at radius 2 is 0.703 bits per heavy atom. The quantitative estimate of drug-likeness (QED) is 0.152. The Kier molecular flexibility index (Phi) is 9.26. The van der Waals surface area contributed by atoms with E-state index in [1.165, 1.54) is 22.3 Å². The van der Waals surface area contributed by atoms with Crippen molar-refractivity contribution in [1.82, 2.24) is 19.9 Å². The molecule has 0 saturated carbocycles. The predicted molar refractivity (Wildman–Crippen MR) is 261 cm³/mol. The Balaban J connectivity index is 0.803. The summed E-state index contributed by atoms with van der Waals surface area (Å²) < 4.78 is 0. The molecule has 0 spiro atoms. The molecule has 0 radical (unpaired) electrons. The number of H-pyrrole nitrogens is 2. The Labute approximate surface area is 370 Å². The lowest BCUT2D eigenvalue weighted by molar-refractivity contribution is 0.709. The summed E-state index contributed by atoms with van der Waals surface area (Å²) in [6.07, 6.45) is 1.61. The van der Waals surface area contributed by atoms with Crippen LogP contribution in [0.25, 0.3) is 56.0 Å². The summed E-state index contributed by atoms with van der Waals surface area (Å²) in [6.45, 7) is 0. The molecule has 2 N–H and O–H groups in total. The highest BCUT2D eigenvalue weighted by atomic mass is 15.5. The number of fused-ring (bicyclic) bond motifs is 2. The van der Waals surface area contributed by atoms with Crippen LogP contribution in [0.3, 0.4) is 0 Å². The molecule has 0 saturated heterocycles. The molecule has 4 heterocycles. The molecule has 2 atom stereocenters. The molecule has 10 aromatic rings. The zero-order valence-electron chi connectivity index (χ0n) is 34.9. The van der Waals surface area contributed by atoms with Crippen molar-refractivity contribution in [3.05, 3.63) is 229 Å². The van der Waals surface area contributed by atoms with Crippen LogP contribution >= 0.6 is 0 Å². The molecule has 64 heavy (non-hydrogen) atoms. The number of para-hydroxylation sites is 4. The molecule has 2 unspecified atom stereocenters. The van der Waals surface area contributed by atoms with Gasteiger partial charge in [-0.1, -0.05) is 133 Å². The van der Waals surface area contributed by atoms with Crippen LogP contribution in [0.5, 0.6) is 0 Å². The fraction of sp³-hybridized carbons (Fsp3) is 0.0714. The first-order valence-corrected chi connectivity index (χ1v) is 21.8. The van der Waals surface area contributed by atoms with Crippen molar-refractivity contribution in [1.29, 1.82) is 0 Å². The fourth-order valence-electron chi connectivity index (χ4n) is 9.14. The minimum atomic E-state index is 0.0450. The van der Waals surface area contributed by atoms with Crippen LogP contribution < -0.4 is 10.0 Å². The molecular formula is C56H42N8. The Bertz CT molecular complexity index is 3020. The van der Waals surface area contributed by atoms with Crippen LogP contribution in [-0.2, 0) is 0 Å². The second-order valence-electron chi connectivity index (χ2n) is 16.5. The van der Waals surface area contributed by atoms with Gasteiger partial charge in [-0.3, -0.25) is 10.0 Å². The number of benzene rings is 8. The number of rotatable bonds is 9. The Morgan fingerprint density at radius 3 is 1.09 bits per heavy atom. The summed E-state index contributed by atoms with van der Waals surface area (Å²) >= 11 is 0. The number of nitrogens with one attached hydrogen (secondary N) is 2. The van der Waals surface area contributed by atoms with Gasteiger partial charge in [0.05, 0.1) is 56.9 Å². The smallest absolute Gasteiger partial charge is 0.138 e. The minimum Gasteiger partial charge on any atom is -0.338 e. The first kappa shape index (κ1) is 37.4. The number of hydrazone groups is 2. The van der Waals surface area contributed by atoms with Gasteiger partial charge in [-0.25, -0.2) is 9.97 Å². The van der Waals surface area contributed by atoms with Gasteiger partial charge in [-0.2, -0.15) is 10.2 Å². The van der Waals surface area contributed by atoms with Gasteiger partial charge in [0.2, 0.25) is 0 Å². The second-order valence-corrected chi connectivity index (χ2v) is 16.5. The molecule has 12 rings (SSSR count). The molecule has 0 bridgehead atoms. The van der Waals surface area contributed by atoms with Crippen LogP contribution in [0.2, 0.25) is 0 Å². The van der Waals surface area contributed by atoms with Crippen LogP contribution in [0.1, 0.15) is 47.2 Å². The number of nitrogens with zero attached hydrogens (tertiary/aromatic N) is 6. The number of hydrogen-bond donors (Lipinski definition) is 2. The van der Waals surface area contributed by atoms with E-state index in [1.54, 1.807) is 0 Å². The van der Waals surface area contributed by atoms with E-state index in [1.807, 2.05) is 36.4 Å². The fourth-order valence-corrected chi connectivity index (χ4v) is 9.14. The summed E-state index contributed by atoms with van der Waals surface area (Å²) in [4.78, 5) is 16.6. The monoisotopic (exact) mass is 826 g/mol. The molecule has 0 aliphatic carbocycles. The Hall–Kier alpha value is -8.36. The van der Waals surface area contributed by atoms with E-state index in [2.05, 4.69) is 190 Å². The van der Waals surface area contributed by atoms with Crippen LogP contribution in [-0.4, -0.2) is 31.4 Å². The molecule has 2 aliphatic rings. The van der Waals surface area contributed by atoms with Crippen molar-refractivity contribution < 1.29 is 0 Å². The van der Waals surface area contributed by atoms with Gasteiger partial charge in [-0.15, -0.1) is 0 Å². The third-order valence-electron chi connectivity index (χ3n) is 12.5. The van der Waals surface area contributed by atoms with E-state index >= 15 is 0 Å². The predicted octanol–water partition coefficient (Wildman–Crippen LogP) is 13.2. The van der Waals surface area contributed by atoms with E-state index < -0.39 is 0 Å². The summed E-state index contributed by atoms with van der Waals surface area (Å²) in [5.74, 6) is 1.72. The van der Waals surface area contributed by atoms with E-state index in [0.29, 0.717) is 0 Å². The van der Waals surface area contributed by atoms with E-state index in [0.717, 1.165) is 91.6 Å². The maximum Gasteiger partial charge on any atom is 0.138 e. The van der Waals surface area contributed by atoms with Crippen molar-refractivity contribution in [2.45, 2.75) is 24.9 Å². The number of imidazole rings is 2. The molecule has 8 nitrogen and oxygen atoms in total. The lowest BCUT2D eigenvalue weighted by Crippen LogP contribution is -2.18. The van der Waals surface area contributed by atoms with Gasteiger partial charge in [-0.05, 0) is 106 Å². The molecular weight excluding hydrogens is 785 g/mol. The molecule has 2 aromatic heterocycles. The van der Waals surface area contributed by atoms with Crippen molar-refractivity contribution in [3.63, 3.8) is 0 Å². The van der Waals surface area contributed by atoms with E-state index in [-0.39, 0.29) is 12.1 Å². The summed E-state index contributed by atoms with van der Waals surface area (Å²) in [5.41, 5.74) is 17.4. The maximum atomic E-state index is 5.24. The third kappa shape index (κ3) is 7.01. The average molecular weight is 827 g/mol. The molecule has 8 aromatic carbocycles. The SMILES string of the molecule is c1ccc(C2=NN(c3ccc(-c4nc5ccccc5[nH]4)cc3)C(c3ccc(-c4ccc(C5CC(c6ccccc6)=NN5c5ccc(-c6nc7ccccc7[nH]6)cc5)cc4)cc3)C2)cc1. The van der Waals surface area contributed by atoms with Gasteiger partial charge >= 0.3 is 0 Å². The summed E-state index contributed by atoms with van der Waals surface area (Å²) in [5, 5.41) is 14.8. The number of aromatic nitrogens is 4. The first-order chi connectivity index (χ1) is 31.7. The largest absolute Gasteiger partial charge is 0.338 e. The number of aromatic amines is 2. The molecule has 0 fully saturated rings. The molecule has 8 heteroatoms. The summed E-state index contributed by atoms with van der Waals surface area (Å²) in [7, 11) is 0. The zero-order chi connectivity index (χ0) is 42.4. The highest BCUT2D eigenvalue weighted by Crippen LogP contribution is 2.40. The lowest BCUT2D eigenvalue weighted by Gasteiger charge is -2.25. The van der Waals surface area contributed by atoms with Gasteiger partial charge in [0.25, 0.3) is 0 Å². The average Bonchev–Trinajstić information content (AvgIpc) is 4.20. The van der Waals surface area contributed by atoms with Crippen LogP contribution in [0.4, 0.5) is 11.4 Å². The molecule has 306 valence electrons. The number of hydrogen-bond acceptors (Lipinski definition) is 6. The van der Waals surface area contributed by atoms with E-state index in [4.69, 9.17) is 20.2 Å². The standard InChI is InChI=1S/C56H42N8/c1-3-11-39(12-4-1)51-35-53(63(61-51)45-31-27-43(28-32-45)55-57-47-15-7-8-16-48(47)58-55)41-23-19-37(20-24-41)38-21-25-42(26-22-38)54-36-52(40-13-5-2-6-14-40)62-64(54)46-33-29-44(30-34-46)56-59-49-17-9-10-18-50(49)60-56/h1-34,53-54H,35-36H2,(H,57,58)(H,59,60). The zero-order valence-corrected chi connectivity index (χ0v) is 34.9. The third-order valence-corrected chi connectivity index (χ3v) is 12.5. The molecule has 2 aliphatic heterocycles. The van der Waals surface area contributed by atoms with Crippen molar-refractivity contribution in [3.8, 4) is 33.9 Å². The van der Waals surface area contributed by atoms with Crippen LogP contribution in [0.15, 0.2) is 216 Å². The molecule has 0 amide bonds. The first-order valence-electron chi connectivity index (χ1n) is 21.8. The highest BCUT2D eigenvalue weighted by Gasteiger charge is 2.32. The van der Waals surface area contributed by atoms with Gasteiger partial charge in [0, 0.05) is 24.0 Å². The lowest BCUT2D eigenvalue weighted by atomic mass is 9.94. The summed E-state index contributed by atoms with van der Waals surface area (Å²) in [6, 6.07) is 72.6. The van der Waals surface area contributed by atoms with Gasteiger partial charge < -0.3 is 9.97 Å². The Morgan fingerprint density at radius 1 is 0.344 bits per heavy atom. The van der Waals surface area contributed by atoms with Crippen molar-refractivity contribution in [2.75, 3.05) is 10.0 Å². The van der Waals surface area contributed by atoms with Crippen molar-refractivity contribution >= 4 is 44.9 Å². The van der Waals surface area contributed by atoms with Gasteiger partial charge in [0.15, 0.2) is 0 Å². The maximum absolute atomic E-state index is 5.24. The minimum absolute atomic E-state index is 0.0450. The highest BCUT2D eigenvalue weighted by molar-refractivity contribution is 6.04. The van der Waals surface area contributed by atoms with Crippen molar-refractivity contribution in [2.24, 2.45) is 10.2 Å². The topological polar surface area (TPSA) is 88.6 Å². The normalized spacial score (nSPS) is 16.1. The second kappa shape index (κ2) is 15.8. The van der Waals surface area contributed by atoms with E-state index in [9.17, 15) is 0 Å².